The van der Waals surface area contributed by atoms with Crippen molar-refractivity contribution in [3.8, 4) is 0 Å². The molecule has 1 spiro atoms. The molecular weight excluding hydrogens is 412 g/mol. The predicted molar refractivity (Wildman–Crippen MR) is 115 cm³/mol. The van der Waals surface area contributed by atoms with Gasteiger partial charge in [0.1, 0.15) is 11.6 Å². The number of nitrogens with one attached hydrogen (secondary N) is 1. The van der Waals surface area contributed by atoms with Crippen LogP contribution in [0.3, 0.4) is 0 Å². The second-order valence-electron chi connectivity index (χ2n) is 9.25. The molecule has 2 amide bonds. The highest BCUT2D eigenvalue weighted by atomic mass is 16.6. The number of ether oxygens (including phenoxy) is 2. The number of hydrogen-bond acceptors (Lipinski definition) is 6. The van der Waals surface area contributed by atoms with Gasteiger partial charge >= 0.3 is 5.97 Å². The number of nitrogens with zero attached hydrogens (tertiary/aromatic N) is 1. The number of fused-ring (bicyclic) bond motifs is 1. The van der Waals surface area contributed by atoms with Crippen LogP contribution < -0.4 is 5.32 Å². The lowest BCUT2D eigenvalue weighted by atomic mass is 9.70. The van der Waals surface area contributed by atoms with Crippen molar-refractivity contribution in [2.45, 2.75) is 63.9 Å². The maximum Gasteiger partial charge on any atom is 0.312 e. The SMILES string of the molecule is CCOC(=O)[C@@H]1[C@@H]2CC[C@]3(O2)[C@H](C(=O)NCc2ccccc2)N([C@@H](CO)C(C)C)C(=O)[C@@H]13. The first-order valence-electron chi connectivity index (χ1n) is 11.4. The zero-order valence-corrected chi connectivity index (χ0v) is 18.8. The largest absolute Gasteiger partial charge is 0.466 e. The number of carbonyl (C=O) groups excluding carboxylic acids is 3. The molecule has 2 N–H and O–H groups in total. The summed E-state index contributed by atoms with van der Waals surface area (Å²) in [6.07, 6.45) is 0.677. The van der Waals surface area contributed by atoms with Crippen LogP contribution in [0.25, 0.3) is 0 Å². The van der Waals surface area contributed by atoms with Gasteiger partial charge in [-0.3, -0.25) is 14.4 Å². The number of esters is 1. The first-order valence-corrected chi connectivity index (χ1v) is 11.4. The van der Waals surface area contributed by atoms with Crippen LogP contribution in [0.5, 0.6) is 0 Å². The summed E-state index contributed by atoms with van der Waals surface area (Å²) in [5, 5.41) is 13.1. The molecule has 4 rings (SSSR count). The molecule has 8 nitrogen and oxygen atoms in total. The van der Waals surface area contributed by atoms with E-state index in [-0.39, 0.29) is 30.9 Å². The predicted octanol–water partition coefficient (Wildman–Crippen LogP) is 1.26. The van der Waals surface area contributed by atoms with E-state index in [1.165, 1.54) is 4.90 Å². The fraction of sp³-hybridized carbons (Fsp3) is 0.625. The van der Waals surface area contributed by atoms with E-state index in [1.807, 2.05) is 44.2 Å². The fourth-order valence-corrected chi connectivity index (χ4v) is 5.76. The van der Waals surface area contributed by atoms with Gasteiger partial charge in [0.15, 0.2) is 0 Å². The van der Waals surface area contributed by atoms with Crippen molar-refractivity contribution < 1.29 is 29.0 Å². The summed E-state index contributed by atoms with van der Waals surface area (Å²) in [6, 6.07) is 8.06. The fourth-order valence-electron chi connectivity index (χ4n) is 5.76. The van der Waals surface area contributed by atoms with Crippen molar-refractivity contribution in [1.82, 2.24) is 10.2 Å². The third kappa shape index (κ3) is 3.49. The summed E-state index contributed by atoms with van der Waals surface area (Å²) in [5.41, 5.74) is -0.142. The second kappa shape index (κ2) is 8.83. The minimum absolute atomic E-state index is 0.0816. The quantitative estimate of drug-likeness (QED) is 0.585. The third-order valence-electron chi connectivity index (χ3n) is 7.17. The number of carbonyl (C=O) groups is 3. The lowest BCUT2D eigenvalue weighted by Crippen LogP contribution is -2.58. The summed E-state index contributed by atoms with van der Waals surface area (Å²) in [5.74, 6) is -2.67. The van der Waals surface area contributed by atoms with Gasteiger partial charge in [0.05, 0.1) is 37.2 Å². The van der Waals surface area contributed by atoms with Gasteiger partial charge in [0.25, 0.3) is 0 Å². The van der Waals surface area contributed by atoms with E-state index in [4.69, 9.17) is 9.47 Å². The van der Waals surface area contributed by atoms with Gasteiger partial charge in [0.2, 0.25) is 11.8 Å². The van der Waals surface area contributed by atoms with E-state index >= 15 is 0 Å². The van der Waals surface area contributed by atoms with Crippen molar-refractivity contribution in [2.24, 2.45) is 17.8 Å². The lowest BCUT2D eigenvalue weighted by Gasteiger charge is -2.38. The smallest absolute Gasteiger partial charge is 0.312 e. The van der Waals surface area contributed by atoms with E-state index in [9.17, 15) is 19.5 Å². The Morgan fingerprint density at radius 2 is 2.03 bits per heavy atom. The molecule has 174 valence electrons. The standard InChI is InChI=1S/C24H32N2O6/c1-4-31-23(30)18-17-10-11-24(32-17)19(18)22(29)26(16(13-27)14(2)3)20(24)21(28)25-12-15-8-6-5-7-9-15/h5-9,14,16-20,27H,4,10-13H2,1-3H3,(H,25,28)/t16-,17-,18+,19+,20-,24+/m0/s1. The lowest BCUT2D eigenvalue weighted by molar-refractivity contribution is -0.155. The van der Waals surface area contributed by atoms with Gasteiger partial charge in [-0.15, -0.1) is 0 Å². The van der Waals surface area contributed by atoms with Crippen LogP contribution in [-0.2, 0) is 30.4 Å². The number of likely N-dealkylation sites (tertiary alicyclic amines) is 1. The molecule has 32 heavy (non-hydrogen) atoms. The van der Waals surface area contributed by atoms with Crippen LogP contribution in [0.1, 0.15) is 39.2 Å². The minimum Gasteiger partial charge on any atom is -0.466 e. The van der Waals surface area contributed by atoms with Gasteiger partial charge in [-0.2, -0.15) is 0 Å². The van der Waals surface area contributed by atoms with Crippen LogP contribution >= 0.6 is 0 Å². The molecule has 3 saturated heterocycles. The Bertz CT molecular complexity index is 875. The molecule has 6 atom stereocenters. The van der Waals surface area contributed by atoms with Crippen LogP contribution in [-0.4, -0.2) is 64.8 Å². The third-order valence-corrected chi connectivity index (χ3v) is 7.17. The Morgan fingerprint density at radius 1 is 1.31 bits per heavy atom. The molecule has 8 heteroatoms. The van der Waals surface area contributed by atoms with E-state index in [0.717, 1.165) is 5.56 Å². The Morgan fingerprint density at radius 3 is 2.66 bits per heavy atom. The van der Waals surface area contributed by atoms with Crippen molar-refractivity contribution in [1.29, 1.82) is 0 Å². The van der Waals surface area contributed by atoms with Crippen molar-refractivity contribution >= 4 is 17.8 Å². The molecule has 2 bridgehead atoms. The Balaban J connectivity index is 1.69. The highest BCUT2D eigenvalue weighted by Crippen LogP contribution is 2.59. The Hall–Kier alpha value is -2.45. The van der Waals surface area contributed by atoms with Gasteiger partial charge in [-0.25, -0.2) is 0 Å². The molecule has 0 aliphatic carbocycles. The van der Waals surface area contributed by atoms with Crippen molar-refractivity contribution in [3.05, 3.63) is 35.9 Å². The number of aliphatic hydroxyl groups is 1. The number of aliphatic hydroxyl groups excluding tert-OH is 1. The Kier molecular flexibility index (Phi) is 6.27. The number of hydrogen-bond donors (Lipinski definition) is 2. The number of rotatable bonds is 8. The highest BCUT2D eigenvalue weighted by molar-refractivity contribution is 5.98. The van der Waals surface area contributed by atoms with Crippen molar-refractivity contribution in [2.75, 3.05) is 13.2 Å². The highest BCUT2D eigenvalue weighted by Gasteiger charge is 2.75. The molecule has 3 heterocycles. The van der Waals surface area contributed by atoms with Gasteiger partial charge in [-0.1, -0.05) is 44.2 Å². The van der Waals surface area contributed by atoms with Crippen LogP contribution in [0.2, 0.25) is 0 Å². The first kappa shape index (κ1) is 22.7. The molecule has 0 radical (unpaired) electrons. The summed E-state index contributed by atoms with van der Waals surface area (Å²) in [4.78, 5) is 41.5. The molecule has 3 aliphatic heterocycles. The van der Waals surface area contributed by atoms with Gasteiger partial charge < -0.3 is 24.8 Å². The summed E-state index contributed by atoms with van der Waals surface area (Å²) in [6.45, 7) is 5.79. The average Bonchev–Trinajstić information content (AvgIpc) is 3.41. The monoisotopic (exact) mass is 444 g/mol. The molecular formula is C24H32N2O6. The van der Waals surface area contributed by atoms with E-state index in [1.54, 1.807) is 6.92 Å². The zero-order chi connectivity index (χ0) is 23.0. The second-order valence-corrected chi connectivity index (χ2v) is 9.25. The maximum absolute atomic E-state index is 13.7. The van der Waals surface area contributed by atoms with Crippen LogP contribution in [0.4, 0.5) is 0 Å². The average molecular weight is 445 g/mol. The maximum atomic E-state index is 13.7. The molecule has 3 fully saturated rings. The first-order chi connectivity index (χ1) is 15.4. The molecule has 3 aliphatic rings. The van der Waals surface area contributed by atoms with Crippen molar-refractivity contribution in [3.63, 3.8) is 0 Å². The van der Waals surface area contributed by atoms with Crippen LogP contribution in [0.15, 0.2) is 30.3 Å². The van der Waals surface area contributed by atoms with E-state index < -0.39 is 41.6 Å². The minimum atomic E-state index is -1.08. The topological polar surface area (TPSA) is 105 Å². The number of amides is 2. The molecule has 0 aromatic heterocycles. The molecule has 0 unspecified atom stereocenters. The summed E-state index contributed by atoms with van der Waals surface area (Å²) in [7, 11) is 0. The molecule has 1 aromatic carbocycles. The van der Waals surface area contributed by atoms with Gasteiger partial charge in [-0.05, 0) is 31.2 Å². The summed E-state index contributed by atoms with van der Waals surface area (Å²) >= 11 is 0. The van der Waals surface area contributed by atoms with Crippen LogP contribution in [0, 0.1) is 17.8 Å². The van der Waals surface area contributed by atoms with E-state index in [0.29, 0.717) is 19.4 Å². The zero-order valence-electron chi connectivity index (χ0n) is 18.8. The normalized spacial score (nSPS) is 31.7. The number of benzene rings is 1. The summed E-state index contributed by atoms with van der Waals surface area (Å²) < 4.78 is 11.6. The van der Waals surface area contributed by atoms with E-state index in [2.05, 4.69) is 5.32 Å². The molecule has 1 aromatic rings. The van der Waals surface area contributed by atoms with Gasteiger partial charge in [0, 0.05) is 6.54 Å². The Labute approximate surface area is 188 Å². The molecule has 0 saturated carbocycles.